The first-order valence-electron chi connectivity index (χ1n) is 6.24. The molecule has 6 nitrogen and oxygen atoms in total. The smallest absolute Gasteiger partial charge is 0.242 e. The molecule has 3 N–H and O–H groups in total. The van der Waals surface area contributed by atoms with Gasteiger partial charge >= 0.3 is 0 Å². The van der Waals surface area contributed by atoms with E-state index in [0.29, 0.717) is 6.54 Å². The molecule has 0 bridgehead atoms. The minimum Gasteiger partial charge on any atom is -0.398 e. The van der Waals surface area contributed by atoms with Crippen LogP contribution in [0.5, 0.6) is 0 Å². The molecule has 1 aromatic rings. The predicted octanol–water partition coefficient (Wildman–Crippen LogP) is 0.846. The second kappa shape index (κ2) is 5.45. The van der Waals surface area contributed by atoms with Crippen molar-refractivity contribution < 1.29 is 16.8 Å². The number of hydrogen-bond acceptors (Lipinski definition) is 6. The van der Waals surface area contributed by atoms with Crippen molar-refractivity contribution in [2.24, 2.45) is 0 Å². The molecule has 0 spiro atoms. The second-order valence-corrected chi connectivity index (χ2v) is 10.2. The Hall–Kier alpha value is -0.770. The SMILES string of the molecule is CSC1(CNS(=O)(=O)c2cc(S(C)(=O)=O)ccc2N)CC1. The van der Waals surface area contributed by atoms with E-state index in [1.165, 1.54) is 12.1 Å². The molecule has 0 aliphatic heterocycles. The number of nitrogens with one attached hydrogen (secondary N) is 1. The van der Waals surface area contributed by atoms with Crippen LogP contribution in [0.3, 0.4) is 0 Å². The maximum Gasteiger partial charge on any atom is 0.242 e. The second-order valence-electron chi connectivity index (χ2n) is 5.18. The third-order valence-corrected chi connectivity index (χ3v) is 7.51. The van der Waals surface area contributed by atoms with Crippen LogP contribution < -0.4 is 10.5 Å². The summed E-state index contributed by atoms with van der Waals surface area (Å²) >= 11 is 1.63. The summed E-state index contributed by atoms with van der Waals surface area (Å²) in [5.74, 6) is 0. The normalized spacial score (nSPS) is 17.6. The van der Waals surface area contributed by atoms with Gasteiger partial charge in [-0.05, 0) is 37.3 Å². The van der Waals surface area contributed by atoms with Crippen molar-refractivity contribution in [3.63, 3.8) is 0 Å². The number of nitrogen functional groups attached to an aromatic ring is 1. The lowest BCUT2D eigenvalue weighted by molar-refractivity contribution is 0.580. The van der Waals surface area contributed by atoms with Crippen LogP contribution in [0.1, 0.15) is 12.8 Å². The van der Waals surface area contributed by atoms with Gasteiger partial charge in [0.2, 0.25) is 10.0 Å². The highest BCUT2D eigenvalue weighted by molar-refractivity contribution is 8.00. The summed E-state index contributed by atoms with van der Waals surface area (Å²) in [4.78, 5) is -0.259. The van der Waals surface area contributed by atoms with E-state index in [0.717, 1.165) is 25.2 Å². The molecule has 1 aliphatic carbocycles. The van der Waals surface area contributed by atoms with Gasteiger partial charge in [0.25, 0.3) is 0 Å². The zero-order valence-electron chi connectivity index (χ0n) is 11.8. The van der Waals surface area contributed by atoms with E-state index < -0.39 is 19.9 Å². The minimum absolute atomic E-state index is 0.0314. The highest BCUT2D eigenvalue weighted by Gasteiger charge is 2.42. The fraction of sp³-hybridized carbons (Fsp3) is 0.500. The molecule has 1 aromatic carbocycles. The van der Waals surface area contributed by atoms with Crippen LogP contribution in [-0.4, -0.2) is 40.6 Å². The molecule has 21 heavy (non-hydrogen) atoms. The van der Waals surface area contributed by atoms with Crippen molar-refractivity contribution >= 4 is 37.3 Å². The van der Waals surface area contributed by atoms with Gasteiger partial charge in [-0.1, -0.05) is 0 Å². The van der Waals surface area contributed by atoms with Crippen LogP contribution in [0, 0.1) is 0 Å². The number of nitrogens with two attached hydrogens (primary N) is 1. The topological polar surface area (TPSA) is 106 Å². The van der Waals surface area contributed by atoms with Crippen molar-refractivity contribution in [2.45, 2.75) is 27.4 Å². The van der Waals surface area contributed by atoms with E-state index in [4.69, 9.17) is 5.73 Å². The lowest BCUT2D eigenvalue weighted by atomic mass is 10.3. The fourth-order valence-corrected chi connectivity index (χ4v) is 4.70. The Morgan fingerprint density at radius 2 is 1.90 bits per heavy atom. The van der Waals surface area contributed by atoms with Crippen molar-refractivity contribution in [3.8, 4) is 0 Å². The summed E-state index contributed by atoms with van der Waals surface area (Å²) in [7, 11) is -7.32. The van der Waals surface area contributed by atoms with E-state index in [1.807, 2.05) is 6.26 Å². The number of hydrogen-bond donors (Lipinski definition) is 2. The molecule has 2 rings (SSSR count). The summed E-state index contributed by atoms with van der Waals surface area (Å²) in [6.45, 7) is 0.318. The van der Waals surface area contributed by atoms with Gasteiger partial charge < -0.3 is 5.73 Å². The Morgan fingerprint density at radius 3 is 2.38 bits per heavy atom. The molecule has 9 heteroatoms. The maximum absolute atomic E-state index is 12.3. The fourth-order valence-electron chi connectivity index (χ4n) is 1.87. The lowest BCUT2D eigenvalue weighted by Crippen LogP contribution is -2.32. The van der Waals surface area contributed by atoms with Crippen molar-refractivity contribution in [2.75, 3.05) is 24.8 Å². The zero-order chi connectivity index (χ0) is 15.9. The van der Waals surface area contributed by atoms with Crippen molar-refractivity contribution in [1.82, 2.24) is 4.72 Å². The van der Waals surface area contributed by atoms with Gasteiger partial charge in [-0.3, -0.25) is 0 Å². The molecule has 0 amide bonds. The van der Waals surface area contributed by atoms with Crippen LogP contribution in [0.25, 0.3) is 0 Å². The summed E-state index contributed by atoms with van der Waals surface area (Å²) in [5, 5.41) is 0. The summed E-state index contributed by atoms with van der Waals surface area (Å²) in [5.41, 5.74) is 5.72. The molecule has 1 saturated carbocycles. The zero-order valence-corrected chi connectivity index (χ0v) is 14.2. The van der Waals surface area contributed by atoms with Gasteiger partial charge in [0.1, 0.15) is 4.90 Å². The Kier molecular flexibility index (Phi) is 4.31. The minimum atomic E-state index is -3.83. The summed E-state index contributed by atoms with van der Waals surface area (Å²) in [6.07, 6.45) is 4.90. The number of sulfonamides is 1. The van der Waals surface area contributed by atoms with E-state index in [2.05, 4.69) is 4.72 Å². The lowest BCUT2D eigenvalue weighted by Gasteiger charge is -2.15. The van der Waals surface area contributed by atoms with Gasteiger partial charge in [-0.2, -0.15) is 11.8 Å². The van der Waals surface area contributed by atoms with Crippen molar-refractivity contribution in [1.29, 1.82) is 0 Å². The molecule has 118 valence electrons. The largest absolute Gasteiger partial charge is 0.398 e. The summed E-state index contributed by atoms with van der Waals surface area (Å²) in [6, 6.07) is 3.70. The maximum atomic E-state index is 12.3. The van der Waals surface area contributed by atoms with Crippen LogP contribution in [0.4, 0.5) is 5.69 Å². The number of anilines is 1. The third kappa shape index (κ3) is 3.71. The molecular weight excluding hydrogens is 332 g/mol. The molecule has 0 atom stereocenters. The molecular formula is C12H18N2O4S3. The number of benzene rings is 1. The highest BCUT2D eigenvalue weighted by atomic mass is 32.2. The monoisotopic (exact) mass is 350 g/mol. The predicted molar refractivity (Wildman–Crippen MR) is 84.6 cm³/mol. The van der Waals surface area contributed by atoms with Crippen LogP contribution in [0.2, 0.25) is 0 Å². The average molecular weight is 350 g/mol. The van der Waals surface area contributed by atoms with Crippen LogP contribution in [0.15, 0.2) is 28.0 Å². The van der Waals surface area contributed by atoms with E-state index >= 15 is 0 Å². The number of rotatable bonds is 6. The van der Waals surface area contributed by atoms with Gasteiger partial charge in [0.05, 0.1) is 10.6 Å². The first kappa shape index (κ1) is 16.6. The Bertz CT molecular complexity index is 753. The van der Waals surface area contributed by atoms with Gasteiger partial charge in [-0.15, -0.1) is 0 Å². The molecule has 0 unspecified atom stereocenters. The standard InChI is InChI=1S/C12H18N2O4S3/c1-19-12(5-6-12)8-14-21(17,18)11-7-9(20(2,15)16)3-4-10(11)13/h3-4,7,14H,5-6,8,13H2,1-2H3. The molecule has 0 aromatic heterocycles. The molecule has 0 radical (unpaired) electrons. The number of thioether (sulfide) groups is 1. The average Bonchev–Trinajstić information content (AvgIpc) is 3.16. The first-order valence-corrected chi connectivity index (χ1v) is 10.8. The Morgan fingerprint density at radius 1 is 1.29 bits per heavy atom. The third-order valence-electron chi connectivity index (χ3n) is 3.53. The molecule has 1 fully saturated rings. The highest BCUT2D eigenvalue weighted by Crippen LogP contribution is 2.46. The molecule has 1 aliphatic rings. The van der Waals surface area contributed by atoms with Crippen LogP contribution in [-0.2, 0) is 19.9 Å². The van der Waals surface area contributed by atoms with E-state index in [-0.39, 0.29) is 20.2 Å². The summed E-state index contributed by atoms with van der Waals surface area (Å²) < 4.78 is 50.2. The molecule has 0 heterocycles. The van der Waals surface area contributed by atoms with Crippen molar-refractivity contribution in [3.05, 3.63) is 18.2 Å². The van der Waals surface area contributed by atoms with Crippen LogP contribution >= 0.6 is 11.8 Å². The van der Waals surface area contributed by atoms with Gasteiger partial charge in [0, 0.05) is 17.5 Å². The quantitative estimate of drug-likeness (QED) is 0.737. The van der Waals surface area contributed by atoms with Gasteiger partial charge in [-0.25, -0.2) is 21.6 Å². The molecule has 0 saturated heterocycles. The Labute approximate surface area is 129 Å². The number of sulfone groups is 1. The van der Waals surface area contributed by atoms with Gasteiger partial charge in [0.15, 0.2) is 9.84 Å². The Balaban J connectivity index is 2.31. The van der Waals surface area contributed by atoms with E-state index in [1.54, 1.807) is 11.8 Å². The first-order chi connectivity index (χ1) is 9.60. The van der Waals surface area contributed by atoms with E-state index in [9.17, 15) is 16.8 Å².